The van der Waals surface area contributed by atoms with Gasteiger partial charge in [-0.25, -0.2) is 0 Å². The summed E-state index contributed by atoms with van der Waals surface area (Å²) in [5, 5.41) is 21.5. The van der Waals surface area contributed by atoms with Crippen molar-refractivity contribution in [2.45, 2.75) is 63.6 Å². The molecule has 0 saturated carbocycles. The molecule has 0 aliphatic heterocycles. The standard InChI is InChI=1S/C22H24O2/c23-21-17-11-9-13-5-1-3-7-15(13)19(17)20-16-8-4-2-6-14(16)10-12-18(20)22(21)24/h9-12,21-24H,1-8H2/t21-,22-/m0/s1. The van der Waals surface area contributed by atoms with Crippen molar-refractivity contribution in [3.63, 3.8) is 0 Å². The molecule has 3 aliphatic rings. The summed E-state index contributed by atoms with van der Waals surface area (Å²) in [4.78, 5) is 0. The van der Waals surface area contributed by atoms with Crippen molar-refractivity contribution in [1.29, 1.82) is 0 Å². The summed E-state index contributed by atoms with van der Waals surface area (Å²) in [7, 11) is 0. The van der Waals surface area contributed by atoms with Gasteiger partial charge in [0.1, 0.15) is 12.2 Å². The molecule has 2 N–H and O–H groups in total. The summed E-state index contributed by atoms with van der Waals surface area (Å²) in [6.45, 7) is 0. The monoisotopic (exact) mass is 320 g/mol. The topological polar surface area (TPSA) is 40.5 Å². The van der Waals surface area contributed by atoms with Crippen LogP contribution in [0.3, 0.4) is 0 Å². The molecule has 2 heteroatoms. The van der Waals surface area contributed by atoms with Crippen molar-refractivity contribution < 1.29 is 10.2 Å². The molecule has 2 atom stereocenters. The van der Waals surface area contributed by atoms with Crippen molar-refractivity contribution >= 4 is 0 Å². The maximum atomic E-state index is 10.7. The van der Waals surface area contributed by atoms with E-state index in [0.717, 1.165) is 36.8 Å². The van der Waals surface area contributed by atoms with E-state index in [2.05, 4.69) is 24.3 Å². The lowest BCUT2D eigenvalue weighted by molar-refractivity contribution is 0.0156. The second kappa shape index (κ2) is 5.44. The van der Waals surface area contributed by atoms with Crippen LogP contribution in [0.4, 0.5) is 0 Å². The van der Waals surface area contributed by atoms with E-state index in [1.54, 1.807) is 0 Å². The fourth-order valence-corrected chi connectivity index (χ4v) is 5.12. The van der Waals surface area contributed by atoms with E-state index in [-0.39, 0.29) is 0 Å². The molecular weight excluding hydrogens is 296 g/mol. The molecule has 2 nitrogen and oxygen atoms in total. The second-order valence-electron chi connectivity index (χ2n) is 7.64. The van der Waals surface area contributed by atoms with Crippen LogP contribution in [-0.2, 0) is 25.7 Å². The first-order valence-electron chi connectivity index (χ1n) is 9.41. The Morgan fingerprint density at radius 2 is 1.00 bits per heavy atom. The lowest BCUT2D eigenvalue weighted by Crippen LogP contribution is -2.22. The third-order valence-corrected chi connectivity index (χ3v) is 6.32. The lowest BCUT2D eigenvalue weighted by Gasteiger charge is -2.35. The molecule has 3 aliphatic carbocycles. The van der Waals surface area contributed by atoms with Crippen LogP contribution in [0.15, 0.2) is 24.3 Å². The van der Waals surface area contributed by atoms with Gasteiger partial charge in [0.25, 0.3) is 0 Å². The van der Waals surface area contributed by atoms with Gasteiger partial charge in [-0.15, -0.1) is 0 Å². The Hall–Kier alpha value is -1.64. The molecule has 24 heavy (non-hydrogen) atoms. The summed E-state index contributed by atoms with van der Waals surface area (Å²) in [6, 6.07) is 8.50. The van der Waals surface area contributed by atoms with Crippen LogP contribution in [0.2, 0.25) is 0 Å². The zero-order valence-corrected chi connectivity index (χ0v) is 14.0. The maximum absolute atomic E-state index is 10.7. The van der Waals surface area contributed by atoms with Gasteiger partial charge in [-0.05, 0) is 95.9 Å². The van der Waals surface area contributed by atoms with E-state index >= 15 is 0 Å². The Bertz CT molecular complexity index is 752. The third-order valence-electron chi connectivity index (χ3n) is 6.32. The average molecular weight is 320 g/mol. The first-order valence-corrected chi connectivity index (χ1v) is 9.41. The Labute approximate surface area is 143 Å². The normalized spacial score (nSPS) is 24.6. The molecule has 0 radical (unpaired) electrons. The van der Waals surface area contributed by atoms with Gasteiger partial charge in [0, 0.05) is 0 Å². The molecular formula is C22H24O2. The molecule has 0 aromatic heterocycles. The van der Waals surface area contributed by atoms with E-state index in [9.17, 15) is 10.2 Å². The zero-order valence-electron chi connectivity index (χ0n) is 14.0. The van der Waals surface area contributed by atoms with Crippen LogP contribution in [0.5, 0.6) is 0 Å². The van der Waals surface area contributed by atoms with Crippen LogP contribution < -0.4 is 0 Å². The van der Waals surface area contributed by atoms with Crippen LogP contribution in [0.1, 0.15) is 71.3 Å². The molecule has 2 aromatic carbocycles. The van der Waals surface area contributed by atoms with Gasteiger partial charge in [0.05, 0.1) is 0 Å². The van der Waals surface area contributed by atoms with Crippen molar-refractivity contribution in [3.8, 4) is 11.1 Å². The first kappa shape index (κ1) is 14.7. The summed E-state index contributed by atoms with van der Waals surface area (Å²) in [6.07, 6.45) is 7.86. The largest absolute Gasteiger partial charge is 0.385 e. The molecule has 0 saturated heterocycles. The highest BCUT2D eigenvalue weighted by atomic mass is 16.3. The fourth-order valence-electron chi connectivity index (χ4n) is 5.12. The number of hydrogen-bond acceptors (Lipinski definition) is 2. The number of aliphatic hydroxyl groups excluding tert-OH is 2. The smallest absolute Gasteiger partial charge is 0.110 e. The Balaban J connectivity index is 1.85. The van der Waals surface area contributed by atoms with Crippen molar-refractivity contribution in [3.05, 3.63) is 57.6 Å². The second-order valence-corrected chi connectivity index (χ2v) is 7.64. The van der Waals surface area contributed by atoms with E-state index in [4.69, 9.17) is 0 Å². The van der Waals surface area contributed by atoms with Crippen LogP contribution in [0.25, 0.3) is 11.1 Å². The first-order chi connectivity index (χ1) is 11.8. The minimum Gasteiger partial charge on any atom is -0.385 e. The van der Waals surface area contributed by atoms with Gasteiger partial charge >= 0.3 is 0 Å². The van der Waals surface area contributed by atoms with E-state index in [1.807, 2.05) is 0 Å². The zero-order chi connectivity index (χ0) is 16.3. The fraction of sp³-hybridized carbons (Fsp3) is 0.455. The summed E-state index contributed by atoms with van der Waals surface area (Å²) in [5.74, 6) is 0. The molecule has 5 rings (SSSR count). The van der Waals surface area contributed by atoms with E-state index in [0.29, 0.717) is 0 Å². The summed E-state index contributed by atoms with van der Waals surface area (Å²) < 4.78 is 0. The number of aryl methyl sites for hydroxylation is 2. The number of fused-ring (bicyclic) bond motifs is 7. The van der Waals surface area contributed by atoms with Gasteiger partial charge in [-0.3, -0.25) is 0 Å². The highest BCUT2D eigenvalue weighted by Crippen LogP contribution is 2.50. The SMILES string of the molecule is O[C@H]1c2ccc3c(c2-c2c(ccc4c2CCCC4)[C@@H]1O)CCCC3. The minimum atomic E-state index is -0.804. The quantitative estimate of drug-likeness (QED) is 0.764. The Kier molecular flexibility index (Phi) is 3.33. The van der Waals surface area contributed by atoms with E-state index in [1.165, 1.54) is 59.1 Å². The Morgan fingerprint density at radius 3 is 1.46 bits per heavy atom. The molecule has 2 aromatic rings. The molecule has 0 fully saturated rings. The highest BCUT2D eigenvalue weighted by Gasteiger charge is 2.35. The summed E-state index contributed by atoms with van der Waals surface area (Å²) >= 11 is 0. The van der Waals surface area contributed by atoms with Crippen LogP contribution >= 0.6 is 0 Å². The van der Waals surface area contributed by atoms with Crippen LogP contribution in [0, 0.1) is 0 Å². The van der Waals surface area contributed by atoms with Gasteiger partial charge in [-0.2, -0.15) is 0 Å². The highest BCUT2D eigenvalue weighted by molar-refractivity contribution is 5.82. The van der Waals surface area contributed by atoms with Gasteiger partial charge < -0.3 is 10.2 Å². The van der Waals surface area contributed by atoms with Gasteiger partial charge in [-0.1, -0.05) is 24.3 Å². The van der Waals surface area contributed by atoms with Crippen LogP contribution in [-0.4, -0.2) is 10.2 Å². The molecule has 0 amide bonds. The van der Waals surface area contributed by atoms with Crippen molar-refractivity contribution in [2.75, 3.05) is 0 Å². The summed E-state index contributed by atoms with van der Waals surface area (Å²) in [5.41, 5.74) is 10.2. The van der Waals surface area contributed by atoms with Crippen molar-refractivity contribution in [2.24, 2.45) is 0 Å². The maximum Gasteiger partial charge on any atom is 0.110 e. The number of rotatable bonds is 0. The van der Waals surface area contributed by atoms with Crippen molar-refractivity contribution in [1.82, 2.24) is 0 Å². The average Bonchev–Trinajstić information content (AvgIpc) is 2.64. The molecule has 0 spiro atoms. The lowest BCUT2D eigenvalue weighted by atomic mass is 9.72. The predicted octanol–water partition coefficient (Wildman–Crippen LogP) is 4.19. The van der Waals surface area contributed by atoms with E-state index < -0.39 is 12.2 Å². The number of benzene rings is 2. The predicted molar refractivity (Wildman–Crippen MR) is 95.1 cm³/mol. The molecule has 0 unspecified atom stereocenters. The van der Waals surface area contributed by atoms with Gasteiger partial charge in [0.15, 0.2) is 0 Å². The molecule has 0 bridgehead atoms. The number of aliphatic hydroxyl groups is 2. The molecule has 124 valence electrons. The Morgan fingerprint density at radius 1 is 0.583 bits per heavy atom. The molecule has 0 heterocycles. The third kappa shape index (κ3) is 1.96. The van der Waals surface area contributed by atoms with Gasteiger partial charge in [0.2, 0.25) is 0 Å². The number of hydrogen-bond donors (Lipinski definition) is 2. The minimum absolute atomic E-state index is 0.804.